The average Bonchev–Trinajstić information content (AvgIpc) is 2.82. The normalized spacial score (nSPS) is 11.1. The number of nitrogens with zero attached hydrogens (tertiary/aromatic N) is 4. The summed E-state index contributed by atoms with van der Waals surface area (Å²) in [6.07, 6.45) is 4.27. The van der Waals surface area contributed by atoms with Crippen molar-refractivity contribution in [1.29, 1.82) is 0 Å². The van der Waals surface area contributed by atoms with Crippen LogP contribution in [0.4, 0.5) is 20.3 Å². The number of amides is 1. The minimum absolute atomic E-state index is 0. The van der Waals surface area contributed by atoms with Crippen LogP contribution in [-0.2, 0) is 13.0 Å². The maximum Gasteiger partial charge on any atom is 2.00 e. The number of carbonyl (C=O) groups is 1. The number of rotatable bonds is 9. The predicted octanol–water partition coefficient (Wildman–Crippen LogP) is 3.35. The van der Waals surface area contributed by atoms with Crippen LogP contribution in [-0.4, -0.2) is 45.2 Å². The molecular weight excluding hydrogens is 694 g/mol. The van der Waals surface area contributed by atoms with Crippen molar-refractivity contribution in [2.24, 2.45) is 7.05 Å². The van der Waals surface area contributed by atoms with Gasteiger partial charge in [-0.05, 0) is 36.8 Å². The number of aromatic nitrogens is 3. The first-order valence-electron chi connectivity index (χ1n) is 10.9. The average molecular weight is 722 g/mol. The molecule has 0 spiro atoms. The van der Waals surface area contributed by atoms with Crippen molar-refractivity contribution < 1.29 is 49.8 Å². The van der Waals surface area contributed by atoms with E-state index in [9.17, 15) is 18.4 Å². The Hall–Kier alpha value is -2.61. The van der Waals surface area contributed by atoms with Crippen LogP contribution < -0.4 is 15.8 Å². The summed E-state index contributed by atoms with van der Waals surface area (Å²) in [4.78, 5) is 35.2. The molecule has 0 aromatic carbocycles. The molecule has 3 rings (SSSR count). The number of anilines is 2. The van der Waals surface area contributed by atoms with Crippen LogP contribution in [0.15, 0.2) is 47.5 Å². The van der Waals surface area contributed by atoms with Gasteiger partial charge in [0, 0.05) is 43.1 Å². The fourth-order valence-electron chi connectivity index (χ4n) is 3.50. The van der Waals surface area contributed by atoms with Crippen molar-refractivity contribution in [3.05, 3.63) is 83.4 Å². The monoisotopic (exact) mass is 721 g/mol. The van der Waals surface area contributed by atoms with Gasteiger partial charge < -0.3 is 22.2 Å². The molecule has 1 amide bonds. The Labute approximate surface area is 232 Å². The Morgan fingerprint density at radius 3 is 2.64 bits per heavy atom. The number of aryl methyl sites for hydroxylation is 1. The van der Waals surface area contributed by atoms with E-state index >= 15 is 0 Å². The molecule has 3 aromatic heterocycles. The summed E-state index contributed by atoms with van der Waals surface area (Å²) >= 11 is 0. The number of aliphatic hydroxyl groups excluding tert-OH is 1. The number of carbonyl (C=O) groups excluding carboxylic acids is 1. The van der Waals surface area contributed by atoms with Crippen LogP contribution in [0.25, 0.3) is 11.1 Å². The van der Waals surface area contributed by atoms with Gasteiger partial charge in [0.2, 0.25) is 0 Å². The van der Waals surface area contributed by atoms with Crippen LogP contribution in [0, 0.1) is 51.4 Å². The molecule has 0 aliphatic carbocycles. The number of hydrogen-bond donors (Lipinski definition) is 2. The summed E-state index contributed by atoms with van der Waals surface area (Å²) in [5, 5.41) is 11.8. The van der Waals surface area contributed by atoms with Crippen LogP contribution in [0.1, 0.15) is 28.7 Å². The molecule has 0 aliphatic heterocycles. The van der Waals surface area contributed by atoms with Gasteiger partial charge in [-0.1, -0.05) is 6.61 Å². The number of halogens is 2. The van der Waals surface area contributed by atoms with Gasteiger partial charge in [-0.3, -0.25) is 30.5 Å². The van der Waals surface area contributed by atoms with E-state index in [1.54, 1.807) is 26.5 Å². The second-order valence-electron chi connectivity index (χ2n) is 8.05. The quantitative estimate of drug-likeness (QED) is 0.329. The molecule has 0 saturated heterocycles. The second kappa shape index (κ2) is 12.6. The number of aliphatic hydroxyl groups is 1. The Morgan fingerprint density at radius 1 is 1.28 bits per heavy atom. The minimum Gasteiger partial charge on any atom is -0.428 e. The third-order valence-electron chi connectivity index (χ3n) is 5.44. The van der Waals surface area contributed by atoms with E-state index < -0.39 is 17.5 Å². The maximum absolute atomic E-state index is 13.6. The summed E-state index contributed by atoms with van der Waals surface area (Å²) in [5.41, 5.74) is 1.44. The molecule has 2 N–H and O–H groups in total. The maximum atomic E-state index is 13.6. The van der Waals surface area contributed by atoms with Gasteiger partial charge in [0.05, 0.1) is 11.9 Å². The van der Waals surface area contributed by atoms with Crippen molar-refractivity contribution in [2.75, 3.05) is 29.9 Å². The largest absolute Gasteiger partial charge is 2.00 e. The Bertz CT molecular complexity index is 1280. The number of hydrogen-bond acceptors (Lipinski definition) is 6. The summed E-state index contributed by atoms with van der Waals surface area (Å²) in [6.45, 7) is 7.04. The topological polar surface area (TPSA) is 100 Å². The van der Waals surface area contributed by atoms with E-state index in [1.807, 2.05) is 11.0 Å². The first kappa shape index (κ1) is 29.6. The van der Waals surface area contributed by atoms with Gasteiger partial charge >= 0.3 is 31.1 Å². The van der Waals surface area contributed by atoms with Crippen molar-refractivity contribution in [3.8, 4) is 11.1 Å². The molecule has 0 atom stereocenters. The molecule has 188 valence electrons. The Kier molecular flexibility index (Phi) is 10.3. The zero-order valence-corrected chi connectivity index (χ0v) is 24.4. The molecule has 3 aromatic rings. The smallest absolute Gasteiger partial charge is 0.428 e. The van der Waals surface area contributed by atoms with Crippen LogP contribution in [0.5, 0.6) is 0 Å². The molecule has 11 heteroatoms. The van der Waals surface area contributed by atoms with Gasteiger partial charge in [0.1, 0.15) is 11.5 Å². The Balaban J connectivity index is 0.00000456. The van der Waals surface area contributed by atoms with Crippen LogP contribution in [0.2, 0.25) is 0 Å². The standard InChI is InChI=1S/C25H27F2N5O3.U/c1-5-32(9-6-10-33)22-12-18(13-23(34)31(22)4)20-14-19(15-29-16(20)2)30-24(35)17-7-8-28-21(11-17)25(3,26)27;/h6-8,11-15,33H,1,5,9-10H2,2-4H3,(H,30,35);/q-2;+2. The van der Waals surface area contributed by atoms with E-state index in [0.717, 1.165) is 12.3 Å². The van der Waals surface area contributed by atoms with E-state index in [0.29, 0.717) is 48.3 Å². The molecule has 0 unspecified atom stereocenters. The summed E-state index contributed by atoms with van der Waals surface area (Å²) < 4.78 is 28.7. The van der Waals surface area contributed by atoms with Gasteiger partial charge in [0.25, 0.3) is 17.4 Å². The zero-order chi connectivity index (χ0) is 25.8. The summed E-state index contributed by atoms with van der Waals surface area (Å²) in [7, 11) is 1.65. The molecule has 0 saturated carbocycles. The molecule has 36 heavy (non-hydrogen) atoms. The van der Waals surface area contributed by atoms with E-state index in [4.69, 9.17) is 5.11 Å². The zero-order valence-electron chi connectivity index (χ0n) is 20.3. The van der Waals surface area contributed by atoms with Crippen molar-refractivity contribution in [1.82, 2.24) is 14.5 Å². The third kappa shape index (κ3) is 6.99. The number of alkyl halides is 2. The minimum atomic E-state index is -3.18. The van der Waals surface area contributed by atoms with Crippen LogP contribution in [0.3, 0.4) is 0 Å². The first-order valence-corrected chi connectivity index (χ1v) is 10.9. The number of pyridine rings is 3. The summed E-state index contributed by atoms with van der Waals surface area (Å²) in [6, 6.07) is 7.34. The molecular formula is C25H27F2N5O3U. The van der Waals surface area contributed by atoms with Gasteiger partial charge in [0.15, 0.2) is 0 Å². The Morgan fingerprint density at radius 2 is 2.00 bits per heavy atom. The molecule has 0 bridgehead atoms. The van der Waals surface area contributed by atoms with Crippen molar-refractivity contribution >= 4 is 17.4 Å². The van der Waals surface area contributed by atoms with Gasteiger partial charge in [-0.25, -0.2) is 0 Å². The fourth-order valence-corrected chi connectivity index (χ4v) is 3.50. The van der Waals surface area contributed by atoms with Crippen molar-refractivity contribution in [2.45, 2.75) is 19.8 Å². The SMILES string of the molecule is [CH2-]CN(C[CH-]CO)c1cc(-c2cc(NC(=O)c3ccnc(C(C)(F)F)c3)cnc2C)cc(=O)n1C.[U+2]. The summed E-state index contributed by atoms with van der Waals surface area (Å²) in [5.74, 6) is -3.17. The molecule has 0 fully saturated rings. The second-order valence-corrected chi connectivity index (χ2v) is 8.05. The van der Waals surface area contributed by atoms with E-state index in [2.05, 4.69) is 22.2 Å². The third-order valence-corrected chi connectivity index (χ3v) is 5.44. The fraction of sp³-hybridized carbons (Fsp3) is 0.280. The predicted molar refractivity (Wildman–Crippen MR) is 130 cm³/mol. The molecule has 8 nitrogen and oxygen atoms in total. The van der Waals surface area contributed by atoms with Gasteiger partial charge in [-0.15, -0.1) is 13.1 Å². The molecule has 0 radical (unpaired) electrons. The van der Waals surface area contributed by atoms with Crippen LogP contribution >= 0.6 is 0 Å². The number of nitrogens with one attached hydrogen (secondary N) is 1. The molecule has 0 aliphatic rings. The van der Waals surface area contributed by atoms with Gasteiger partial charge in [-0.2, -0.15) is 8.78 Å². The first-order chi connectivity index (χ1) is 16.5. The molecule has 3 heterocycles. The van der Waals surface area contributed by atoms with E-state index in [-0.39, 0.29) is 48.8 Å². The van der Waals surface area contributed by atoms with Crippen molar-refractivity contribution in [3.63, 3.8) is 0 Å². The van der Waals surface area contributed by atoms with E-state index in [1.165, 1.54) is 22.9 Å².